The number of aromatic nitrogens is 4. The Morgan fingerprint density at radius 2 is 1.91 bits per heavy atom. The molecule has 15 heteroatoms. The summed E-state index contributed by atoms with van der Waals surface area (Å²) in [6, 6.07) is 3.48. The van der Waals surface area contributed by atoms with Crippen molar-refractivity contribution in [3.63, 3.8) is 0 Å². The standard InChI is InChI=1S/C30H28F5N7O3/c1-29(2)11-17-5-4-14(13-41(17)28(29)44)26-40-23(24-25(36)38-12-20(32)42(24)26)22-18(31)8-15(9-19(22)45-3)27(43)39-21-10-16(6-7-37-21)30(33,34)35/h6-10,12,14,17H,4-5,11,13H2,1-3H3,(H2,36,38)(H,37,39,43)/t14-,17+/m1/s1. The Kier molecular flexibility index (Phi) is 7.16. The lowest BCUT2D eigenvalue weighted by Crippen LogP contribution is -2.42. The molecule has 0 aliphatic carbocycles. The number of nitrogens with two attached hydrogens (primary N) is 1. The van der Waals surface area contributed by atoms with Crippen LogP contribution in [0.1, 0.15) is 60.8 Å². The molecule has 2 saturated heterocycles. The van der Waals surface area contributed by atoms with Gasteiger partial charge in [-0.05, 0) is 43.5 Å². The van der Waals surface area contributed by atoms with E-state index in [1.54, 1.807) is 4.90 Å². The van der Waals surface area contributed by atoms with Crippen molar-refractivity contribution in [3.8, 4) is 17.0 Å². The lowest BCUT2D eigenvalue weighted by molar-refractivity contribution is -0.138. The second-order valence-electron chi connectivity index (χ2n) is 11.9. The Bertz CT molecular complexity index is 1860. The quantitative estimate of drug-likeness (QED) is 0.282. The molecular weight excluding hydrogens is 601 g/mol. The summed E-state index contributed by atoms with van der Waals surface area (Å²) in [6.45, 7) is 4.08. The first-order chi connectivity index (χ1) is 21.2. The molecule has 4 aromatic rings. The highest BCUT2D eigenvalue weighted by molar-refractivity contribution is 6.05. The molecule has 0 spiro atoms. The number of imidazole rings is 1. The van der Waals surface area contributed by atoms with E-state index in [-0.39, 0.29) is 58.2 Å². The van der Waals surface area contributed by atoms with Gasteiger partial charge in [0, 0.05) is 35.7 Å². The average molecular weight is 630 g/mol. The number of amides is 2. The maximum atomic E-state index is 15.9. The van der Waals surface area contributed by atoms with Crippen molar-refractivity contribution >= 4 is 29.0 Å². The fraction of sp³-hybridized carbons (Fsp3) is 0.367. The van der Waals surface area contributed by atoms with Gasteiger partial charge in [-0.2, -0.15) is 17.6 Å². The molecule has 2 aliphatic heterocycles. The van der Waals surface area contributed by atoms with Crippen molar-refractivity contribution in [1.29, 1.82) is 0 Å². The zero-order valence-electron chi connectivity index (χ0n) is 24.4. The Labute approximate surface area is 253 Å². The molecule has 5 heterocycles. The van der Waals surface area contributed by atoms with Gasteiger partial charge in [-0.25, -0.2) is 19.3 Å². The number of benzene rings is 1. The van der Waals surface area contributed by atoms with E-state index < -0.39 is 46.6 Å². The topological polar surface area (TPSA) is 128 Å². The van der Waals surface area contributed by atoms with Crippen LogP contribution in [0.5, 0.6) is 5.75 Å². The largest absolute Gasteiger partial charge is 0.496 e. The van der Waals surface area contributed by atoms with Gasteiger partial charge in [0.15, 0.2) is 0 Å². The van der Waals surface area contributed by atoms with Crippen molar-refractivity contribution in [1.82, 2.24) is 24.3 Å². The third-order valence-electron chi connectivity index (χ3n) is 8.43. The highest BCUT2D eigenvalue weighted by Gasteiger charge is 2.48. The molecule has 236 valence electrons. The fourth-order valence-corrected chi connectivity index (χ4v) is 6.31. The Morgan fingerprint density at radius 3 is 2.62 bits per heavy atom. The van der Waals surface area contributed by atoms with Crippen LogP contribution in [0.25, 0.3) is 16.8 Å². The van der Waals surface area contributed by atoms with Gasteiger partial charge in [-0.1, -0.05) is 13.8 Å². The number of ether oxygens (including phenoxy) is 1. The molecule has 10 nitrogen and oxygen atoms in total. The maximum Gasteiger partial charge on any atom is 0.416 e. The number of pyridine rings is 1. The second kappa shape index (κ2) is 10.7. The van der Waals surface area contributed by atoms with E-state index in [9.17, 15) is 22.8 Å². The number of alkyl halides is 3. The monoisotopic (exact) mass is 629 g/mol. The number of anilines is 2. The summed E-state index contributed by atoms with van der Waals surface area (Å²) >= 11 is 0. The lowest BCUT2D eigenvalue weighted by atomic mass is 9.87. The minimum Gasteiger partial charge on any atom is -0.496 e. The number of nitrogens with zero attached hydrogens (tertiary/aromatic N) is 5. The zero-order valence-corrected chi connectivity index (χ0v) is 24.4. The number of rotatable bonds is 5. The highest BCUT2D eigenvalue weighted by atomic mass is 19.4. The molecule has 45 heavy (non-hydrogen) atoms. The Balaban J connectivity index is 1.40. The molecule has 0 bridgehead atoms. The SMILES string of the molecule is COc1cc(C(=O)Nc2cc(C(F)(F)F)ccn2)cc(F)c1-c1nc([C@@H]2CC[C@H]3CC(C)(C)C(=O)N3C2)n2c(F)cnc(N)c12. The number of fused-ring (bicyclic) bond motifs is 2. The number of piperidine rings is 1. The van der Waals surface area contributed by atoms with E-state index in [4.69, 9.17) is 10.5 Å². The predicted octanol–water partition coefficient (Wildman–Crippen LogP) is 5.44. The first kappa shape index (κ1) is 30.2. The normalized spacial score (nSPS) is 19.6. The molecule has 3 N–H and O–H groups in total. The van der Waals surface area contributed by atoms with Crippen LogP contribution in [0.4, 0.5) is 33.6 Å². The van der Waals surface area contributed by atoms with Crippen molar-refractivity contribution in [2.24, 2.45) is 5.41 Å². The van der Waals surface area contributed by atoms with Gasteiger partial charge < -0.3 is 20.7 Å². The lowest BCUT2D eigenvalue weighted by Gasteiger charge is -2.34. The van der Waals surface area contributed by atoms with Crippen LogP contribution in [-0.4, -0.2) is 55.8 Å². The molecule has 0 unspecified atom stereocenters. The van der Waals surface area contributed by atoms with Crippen LogP contribution in [-0.2, 0) is 11.0 Å². The van der Waals surface area contributed by atoms with Gasteiger partial charge in [-0.15, -0.1) is 0 Å². The number of carbonyl (C=O) groups is 2. The van der Waals surface area contributed by atoms with E-state index >= 15 is 8.78 Å². The highest BCUT2D eigenvalue weighted by Crippen LogP contribution is 2.45. The van der Waals surface area contributed by atoms with Crippen LogP contribution < -0.4 is 15.8 Å². The van der Waals surface area contributed by atoms with Crippen LogP contribution in [0, 0.1) is 17.2 Å². The number of hydrogen-bond donors (Lipinski definition) is 2. The van der Waals surface area contributed by atoms with Gasteiger partial charge >= 0.3 is 6.18 Å². The third kappa shape index (κ3) is 5.19. The Hall–Kier alpha value is -4.82. The molecule has 2 aliphatic rings. The number of methoxy groups -OCH3 is 1. The zero-order chi connectivity index (χ0) is 32.4. The summed E-state index contributed by atoms with van der Waals surface area (Å²) in [7, 11) is 1.22. The molecule has 6 rings (SSSR count). The van der Waals surface area contributed by atoms with Crippen molar-refractivity contribution in [3.05, 3.63) is 65.4 Å². The molecule has 2 amide bonds. The van der Waals surface area contributed by atoms with Crippen molar-refractivity contribution < 1.29 is 36.3 Å². The van der Waals surface area contributed by atoms with Gasteiger partial charge in [0.25, 0.3) is 5.91 Å². The first-order valence-corrected chi connectivity index (χ1v) is 14.1. The summed E-state index contributed by atoms with van der Waals surface area (Å²) in [6.07, 6.45) is -0.878. The number of nitrogen functional groups attached to an aromatic ring is 1. The summed E-state index contributed by atoms with van der Waals surface area (Å²) in [5, 5.41) is 2.23. The minimum absolute atomic E-state index is 0.00171. The summed E-state index contributed by atoms with van der Waals surface area (Å²) in [5.41, 5.74) is 4.00. The number of nitrogens with one attached hydrogen (secondary N) is 1. The molecule has 2 atom stereocenters. The van der Waals surface area contributed by atoms with E-state index in [1.807, 2.05) is 13.8 Å². The minimum atomic E-state index is -4.66. The molecule has 3 aromatic heterocycles. The van der Waals surface area contributed by atoms with Gasteiger partial charge in [-0.3, -0.25) is 14.0 Å². The van der Waals surface area contributed by atoms with E-state index in [0.717, 1.165) is 28.9 Å². The molecule has 1 aromatic carbocycles. The van der Waals surface area contributed by atoms with E-state index in [0.29, 0.717) is 25.3 Å². The van der Waals surface area contributed by atoms with Crippen LogP contribution in [0.15, 0.2) is 36.7 Å². The number of carbonyl (C=O) groups excluding carboxylic acids is 2. The fourth-order valence-electron chi connectivity index (χ4n) is 6.31. The average Bonchev–Trinajstić information content (AvgIpc) is 3.49. The van der Waals surface area contributed by atoms with Gasteiger partial charge in [0.1, 0.15) is 40.2 Å². The summed E-state index contributed by atoms with van der Waals surface area (Å²) in [5.74, 6) is -3.64. The predicted molar refractivity (Wildman–Crippen MR) is 152 cm³/mol. The summed E-state index contributed by atoms with van der Waals surface area (Å²) < 4.78 is 77.2. The first-order valence-electron chi connectivity index (χ1n) is 14.1. The second-order valence-corrected chi connectivity index (χ2v) is 11.9. The van der Waals surface area contributed by atoms with Gasteiger partial charge in [0.05, 0.1) is 24.4 Å². The van der Waals surface area contributed by atoms with Gasteiger partial charge in [0.2, 0.25) is 11.9 Å². The summed E-state index contributed by atoms with van der Waals surface area (Å²) in [4.78, 5) is 40.1. The molecule has 0 radical (unpaired) electrons. The van der Waals surface area contributed by atoms with E-state index in [2.05, 4.69) is 20.3 Å². The molecule has 2 fully saturated rings. The Morgan fingerprint density at radius 1 is 1.16 bits per heavy atom. The molecular formula is C30H28F5N7O3. The molecule has 0 saturated carbocycles. The van der Waals surface area contributed by atoms with Crippen molar-refractivity contribution in [2.45, 2.75) is 51.2 Å². The van der Waals surface area contributed by atoms with Crippen LogP contribution in [0.2, 0.25) is 0 Å². The number of halogens is 5. The number of hydrogen-bond acceptors (Lipinski definition) is 7. The van der Waals surface area contributed by atoms with Crippen LogP contribution >= 0.6 is 0 Å². The maximum absolute atomic E-state index is 15.9. The third-order valence-corrected chi connectivity index (χ3v) is 8.43. The smallest absolute Gasteiger partial charge is 0.416 e. The van der Waals surface area contributed by atoms with Crippen molar-refractivity contribution in [2.75, 3.05) is 24.7 Å². The van der Waals surface area contributed by atoms with Crippen LogP contribution in [0.3, 0.4) is 0 Å². The van der Waals surface area contributed by atoms with E-state index in [1.165, 1.54) is 13.2 Å².